The van der Waals surface area contributed by atoms with Crippen LogP contribution in [0.1, 0.15) is 5.56 Å². The summed E-state index contributed by atoms with van der Waals surface area (Å²) in [7, 11) is 1.57. The number of ether oxygens (including phenoxy) is 1. The number of anilines is 1. The number of amides is 1. The highest BCUT2D eigenvalue weighted by atomic mass is 16.5. The Morgan fingerprint density at radius 1 is 1.20 bits per heavy atom. The summed E-state index contributed by atoms with van der Waals surface area (Å²) in [4.78, 5) is 15.9. The zero-order valence-electron chi connectivity index (χ0n) is 11.3. The third-order valence-electron chi connectivity index (χ3n) is 2.74. The van der Waals surface area contributed by atoms with Crippen LogP contribution < -0.4 is 15.4 Å². The van der Waals surface area contributed by atoms with Gasteiger partial charge in [0.2, 0.25) is 5.91 Å². The predicted octanol–water partition coefficient (Wildman–Crippen LogP) is 1.82. The maximum atomic E-state index is 11.7. The lowest BCUT2D eigenvalue weighted by atomic mass is 10.2. The first kappa shape index (κ1) is 13.9. The minimum atomic E-state index is -0.0958. The van der Waals surface area contributed by atoms with E-state index in [4.69, 9.17) is 4.74 Å². The van der Waals surface area contributed by atoms with E-state index >= 15 is 0 Å². The Hall–Kier alpha value is -2.56. The molecule has 1 aromatic heterocycles. The van der Waals surface area contributed by atoms with Gasteiger partial charge in [-0.2, -0.15) is 0 Å². The van der Waals surface area contributed by atoms with E-state index in [0.717, 1.165) is 5.56 Å². The van der Waals surface area contributed by atoms with Crippen LogP contribution in [-0.4, -0.2) is 24.5 Å². The summed E-state index contributed by atoms with van der Waals surface area (Å²) >= 11 is 0. The zero-order chi connectivity index (χ0) is 14.2. The molecule has 0 spiro atoms. The number of hydrogen-bond donors (Lipinski definition) is 2. The Morgan fingerprint density at radius 3 is 2.75 bits per heavy atom. The summed E-state index contributed by atoms with van der Waals surface area (Å²) in [6, 6.07) is 13.3. The van der Waals surface area contributed by atoms with Gasteiger partial charge in [-0.15, -0.1) is 0 Å². The first-order chi connectivity index (χ1) is 9.79. The Labute approximate surface area is 118 Å². The molecule has 2 N–H and O–H groups in total. The van der Waals surface area contributed by atoms with Crippen molar-refractivity contribution < 1.29 is 9.53 Å². The molecule has 5 nitrogen and oxygen atoms in total. The lowest BCUT2D eigenvalue weighted by Gasteiger charge is -2.10. The molecule has 0 saturated carbocycles. The highest BCUT2D eigenvalue weighted by molar-refractivity contribution is 5.80. The molecule has 1 amide bonds. The topological polar surface area (TPSA) is 63.2 Å². The number of carbonyl (C=O) groups is 1. The molecule has 0 unspecified atom stereocenters. The summed E-state index contributed by atoms with van der Waals surface area (Å²) in [6.07, 6.45) is 1.65. The summed E-state index contributed by atoms with van der Waals surface area (Å²) in [5, 5.41) is 5.79. The van der Waals surface area contributed by atoms with Crippen molar-refractivity contribution in [1.29, 1.82) is 0 Å². The second-order valence-corrected chi connectivity index (χ2v) is 4.17. The molecule has 0 aliphatic carbocycles. The number of benzene rings is 1. The van der Waals surface area contributed by atoms with E-state index < -0.39 is 0 Å². The van der Waals surface area contributed by atoms with E-state index in [1.807, 2.05) is 30.3 Å². The highest BCUT2D eigenvalue weighted by Crippen LogP contribution is 2.19. The van der Waals surface area contributed by atoms with E-state index in [9.17, 15) is 4.79 Å². The maximum Gasteiger partial charge on any atom is 0.239 e. The van der Waals surface area contributed by atoms with Crippen LogP contribution in [0.4, 0.5) is 5.82 Å². The zero-order valence-corrected chi connectivity index (χ0v) is 11.3. The van der Waals surface area contributed by atoms with Gasteiger partial charge in [0.25, 0.3) is 0 Å². The molecule has 20 heavy (non-hydrogen) atoms. The van der Waals surface area contributed by atoms with Crippen LogP contribution in [0.5, 0.6) is 5.75 Å². The van der Waals surface area contributed by atoms with Gasteiger partial charge in [-0.25, -0.2) is 4.98 Å². The SMILES string of the molecule is COc1cccnc1NCC(=O)NCc1ccccc1. The van der Waals surface area contributed by atoms with Crippen LogP contribution in [0.15, 0.2) is 48.7 Å². The van der Waals surface area contributed by atoms with Crippen LogP contribution in [0, 0.1) is 0 Å². The first-order valence-corrected chi connectivity index (χ1v) is 6.33. The van der Waals surface area contributed by atoms with E-state index in [2.05, 4.69) is 15.6 Å². The second-order valence-electron chi connectivity index (χ2n) is 4.17. The Kier molecular flexibility index (Phi) is 4.94. The number of hydrogen-bond acceptors (Lipinski definition) is 4. The predicted molar refractivity (Wildman–Crippen MR) is 77.6 cm³/mol. The average molecular weight is 271 g/mol. The number of nitrogens with zero attached hydrogens (tertiary/aromatic N) is 1. The van der Waals surface area contributed by atoms with Gasteiger partial charge in [0, 0.05) is 12.7 Å². The molecular weight excluding hydrogens is 254 g/mol. The summed E-state index contributed by atoms with van der Waals surface area (Å²) in [6.45, 7) is 0.668. The maximum absolute atomic E-state index is 11.7. The van der Waals surface area contributed by atoms with Crippen LogP contribution >= 0.6 is 0 Å². The molecule has 5 heteroatoms. The second kappa shape index (κ2) is 7.13. The van der Waals surface area contributed by atoms with Gasteiger partial charge >= 0.3 is 0 Å². The lowest BCUT2D eigenvalue weighted by Crippen LogP contribution is -2.29. The normalized spacial score (nSPS) is 9.85. The summed E-state index contributed by atoms with van der Waals surface area (Å²) in [5.74, 6) is 1.08. The highest BCUT2D eigenvalue weighted by Gasteiger charge is 2.05. The molecule has 0 radical (unpaired) electrons. The number of pyridine rings is 1. The molecule has 0 aliphatic rings. The fourth-order valence-corrected chi connectivity index (χ4v) is 1.71. The molecule has 1 heterocycles. The Balaban J connectivity index is 1.80. The molecule has 0 fully saturated rings. The van der Waals surface area contributed by atoms with E-state index in [1.165, 1.54) is 0 Å². The summed E-state index contributed by atoms with van der Waals surface area (Å²) < 4.78 is 5.15. The molecule has 0 saturated heterocycles. The fraction of sp³-hybridized carbons (Fsp3) is 0.200. The van der Waals surface area contributed by atoms with Crippen LogP contribution in [0.2, 0.25) is 0 Å². The van der Waals surface area contributed by atoms with E-state index in [0.29, 0.717) is 18.1 Å². The Bertz CT molecular complexity index is 558. The molecule has 104 valence electrons. The average Bonchev–Trinajstić information content (AvgIpc) is 2.52. The quantitative estimate of drug-likeness (QED) is 0.841. The van der Waals surface area contributed by atoms with Gasteiger partial charge < -0.3 is 15.4 Å². The third kappa shape index (κ3) is 3.98. The Morgan fingerprint density at radius 2 is 2.00 bits per heavy atom. The molecular formula is C15H17N3O2. The van der Waals surface area contributed by atoms with Gasteiger partial charge in [0.1, 0.15) is 0 Å². The smallest absolute Gasteiger partial charge is 0.239 e. The monoisotopic (exact) mass is 271 g/mol. The van der Waals surface area contributed by atoms with Crippen LogP contribution in [0.25, 0.3) is 0 Å². The van der Waals surface area contributed by atoms with Crippen molar-refractivity contribution >= 4 is 11.7 Å². The van der Waals surface area contributed by atoms with Crippen molar-refractivity contribution in [3.8, 4) is 5.75 Å². The van der Waals surface area contributed by atoms with Crippen LogP contribution in [0.3, 0.4) is 0 Å². The fourth-order valence-electron chi connectivity index (χ4n) is 1.71. The van der Waals surface area contributed by atoms with Gasteiger partial charge in [-0.3, -0.25) is 4.79 Å². The molecule has 0 bridgehead atoms. The number of aromatic nitrogens is 1. The number of nitrogens with one attached hydrogen (secondary N) is 2. The van der Waals surface area contributed by atoms with Crippen LogP contribution in [-0.2, 0) is 11.3 Å². The van der Waals surface area contributed by atoms with Crippen molar-refractivity contribution in [3.05, 3.63) is 54.2 Å². The first-order valence-electron chi connectivity index (χ1n) is 6.33. The molecule has 0 atom stereocenters. The van der Waals surface area contributed by atoms with Crippen molar-refractivity contribution in [1.82, 2.24) is 10.3 Å². The third-order valence-corrected chi connectivity index (χ3v) is 2.74. The van der Waals surface area contributed by atoms with Gasteiger partial charge in [-0.1, -0.05) is 30.3 Å². The van der Waals surface area contributed by atoms with Crippen molar-refractivity contribution in [3.63, 3.8) is 0 Å². The van der Waals surface area contributed by atoms with Crippen molar-refractivity contribution in [2.24, 2.45) is 0 Å². The molecule has 2 rings (SSSR count). The van der Waals surface area contributed by atoms with Crippen molar-refractivity contribution in [2.75, 3.05) is 19.0 Å². The van der Waals surface area contributed by atoms with Crippen molar-refractivity contribution in [2.45, 2.75) is 6.54 Å². The molecule has 2 aromatic rings. The molecule has 1 aromatic carbocycles. The minimum Gasteiger partial charge on any atom is -0.493 e. The minimum absolute atomic E-state index is 0.0958. The number of rotatable bonds is 6. The van der Waals surface area contributed by atoms with Gasteiger partial charge in [0.05, 0.1) is 13.7 Å². The standard InChI is InChI=1S/C15H17N3O2/c1-20-13-8-5-9-16-15(13)18-11-14(19)17-10-12-6-3-2-4-7-12/h2-9H,10-11H2,1H3,(H,16,18)(H,17,19). The molecule has 0 aliphatic heterocycles. The lowest BCUT2D eigenvalue weighted by molar-refractivity contribution is -0.119. The van der Waals surface area contributed by atoms with Gasteiger partial charge in [0.15, 0.2) is 11.6 Å². The summed E-state index contributed by atoms with van der Waals surface area (Å²) in [5.41, 5.74) is 1.07. The number of carbonyl (C=O) groups excluding carboxylic acids is 1. The number of methoxy groups -OCH3 is 1. The largest absolute Gasteiger partial charge is 0.493 e. The van der Waals surface area contributed by atoms with E-state index in [1.54, 1.807) is 25.4 Å². The van der Waals surface area contributed by atoms with E-state index in [-0.39, 0.29) is 12.5 Å². The van der Waals surface area contributed by atoms with Gasteiger partial charge in [-0.05, 0) is 17.7 Å².